The lowest BCUT2D eigenvalue weighted by Gasteiger charge is -2.33. The van der Waals surface area contributed by atoms with Crippen LogP contribution in [-0.2, 0) is 16.1 Å². The van der Waals surface area contributed by atoms with E-state index in [1.54, 1.807) is 7.05 Å². The number of hydrogen-bond acceptors (Lipinski definition) is 4. The van der Waals surface area contributed by atoms with Gasteiger partial charge < -0.3 is 19.5 Å². The van der Waals surface area contributed by atoms with Crippen molar-refractivity contribution < 1.29 is 9.53 Å². The minimum atomic E-state index is -0.102. The van der Waals surface area contributed by atoms with Crippen LogP contribution in [0.5, 0.6) is 0 Å². The van der Waals surface area contributed by atoms with Crippen LogP contribution in [-0.4, -0.2) is 60.2 Å². The van der Waals surface area contributed by atoms with Crippen LogP contribution in [0, 0.1) is 12.8 Å². The molecule has 2 aromatic rings. The number of methoxy groups -OCH3 is 1. The summed E-state index contributed by atoms with van der Waals surface area (Å²) >= 11 is 0. The number of para-hydroxylation sites is 2. The number of esters is 1. The number of aromatic nitrogens is 2. The third kappa shape index (κ3) is 3.81. The average molecular weight is 357 g/mol. The number of guanidine groups is 1. The van der Waals surface area contributed by atoms with Gasteiger partial charge in [-0.15, -0.1) is 0 Å². The van der Waals surface area contributed by atoms with Crippen LogP contribution in [0.3, 0.4) is 0 Å². The highest BCUT2D eigenvalue weighted by Crippen LogP contribution is 2.18. The summed E-state index contributed by atoms with van der Waals surface area (Å²) in [6.07, 6.45) is 1.61. The molecule has 0 radical (unpaired) electrons. The molecule has 1 fully saturated rings. The van der Waals surface area contributed by atoms with Gasteiger partial charge in [0.1, 0.15) is 5.82 Å². The summed E-state index contributed by atoms with van der Waals surface area (Å²) in [5.41, 5.74) is 2.18. The van der Waals surface area contributed by atoms with Crippen LogP contribution in [0.2, 0.25) is 0 Å². The predicted octanol–water partition coefficient (Wildman–Crippen LogP) is 1.81. The Balaban J connectivity index is 1.55. The average Bonchev–Trinajstić information content (AvgIpc) is 3.00. The zero-order chi connectivity index (χ0) is 18.5. The van der Waals surface area contributed by atoms with E-state index in [-0.39, 0.29) is 11.9 Å². The second kappa shape index (κ2) is 8.21. The molecule has 0 aliphatic carbocycles. The number of carbonyl (C=O) groups excluding carboxylic acids is 1. The first-order valence-electron chi connectivity index (χ1n) is 9.09. The fourth-order valence-corrected chi connectivity index (χ4v) is 3.58. The van der Waals surface area contributed by atoms with E-state index in [0.717, 1.165) is 61.8 Å². The summed E-state index contributed by atoms with van der Waals surface area (Å²) < 4.78 is 7.07. The number of benzene rings is 1. The summed E-state index contributed by atoms with van der Waals surface area (Å²) in [6.45, 7) is 5.25. The van der Waals surface area contributed by atoms with Crippen LogP contribution in [0.15, 0.2) is 29.3 Å². The zero-order valence-corrected chi connectivity index (χ0v) is 15.7. The zero-order valence-electron chi connectivity index (χ0n) is 15.7. The number of piperidine rings is 1. The van der Waals surface area contributed by atoms with Crippen molar-refractivity contribution in [2.24, 2.45) is 10.9 Å². The molecule has 1 N–H and O–H groups in total. The van der Waals surface area contributed by atoms with Crippen molar-refractivity contribution in [2.75, 3.05) is 33.8 Å². The molecule has 0 amide bonds. The first-order valence-corrected chi connectivity index (χ1v) is 9.09. The van der Waals surface area contributed by atoms with Crippen molar-refractivity contribution >= 4 is 23.0 Å². The van der Waals surface area contributed by atoms with Crippen molar-refractivity contribution in [1.29, 1.82) is 0 Å². The van der Waals surface area contributed by atoms with Crippen molar-refractivity contribution in [3.05, 3.63) is 30.1 Å². The third-order valence-corrected chi connectivity index (χ3v) is 5.00. The maximum Gasteiger partial charge on any atom is 0.308 e. The summed E-state index contributed by atoms with van der Waals surface area (Å²) in [4.78, 5) is 22.9. The maximum absolute atomic E-state index is 11.7. The topological polar surface area (TPSA) is 71.8 Å². The molecule has 7 heteroatoms. The number of nitrogens with zero attached hydrogens (tertiary/aromatic N) is 4. The van der Waals surface area contributed by atoms with Crippen molar-refractivity contribution in [3.8, 4) is 0 Å². The lowest BCUT2D eigenvalue weighted by atomic mass is 9.97. The van der Waals surface area contributed by atoms with Gasteiger partial charge in [-0.1, -0.05) is 12.1 Å². The normalized spacial score (nSPS) is 16.1. The molecule has 2 heterocycles. The maximum atomic E-state index is 11.7. The number of aliphatic imine (C=N–C) groups is 1. The van der Waals surface area contributed by atoms with Gasteiger partial charge in [0.05, 0.1) is 24.1 Å². The fraction of sp³-hybridized carbons (Fsp3) is 0.526. The third-order valence-electron chi connectivity index (χ3n) is 5.00. The Morgan fingerprint density at radius 2 is 2.08 bits per heavy atom. The van der Waals surface area contributed by atoms with E-state index in [9.17, 15) is 4.79 Å². The number of nitrogens with one attached hydrogen (secondary N) is 1. The molecule has 1 saturated heterocycles. The number of likely N-dealkylation sites (tertiary alicyclic amines) is 1. The Morgan fingerprint density at radius 1 is 1.35 bits per heavy atom. The Morgan fingerprint density at radius 3 is 2.77 bits per heavy atom. The molecular formula is C19H27N5O2. The molecule has 1 aliphatic heterocycles. The van der Waals surface area contributed by atoms with Crippen LogP contribution >= 0.6 is 0 Å². The number of imidazole rings is 1. The number of fused-ring (bicyclic) bond motifs is 1. The Kier molecular flexibility index (Phi) is 5.75. The van der Waals surface area contributed by atoms with Crippen molar-refractivity contribution in [1.82, 2.24) is 19.8 Å². The molecule has 0 unspecified atom stereocenters. The minimum Gasteiger partial charge on any atom is -0.469 e. The molecule has 0 bridgehead atoms. The first kappa shape index (κ1) is 18.2. The molecule has 0 spiro atoms. The Bertz CT molecular complexity index is 790. The molecule has 140 valence electrons. The molecule has 1 aromatic carbocycles. The van der Waals surface area contributed by atoms with E-state index in [0.29, 0.717) is 0 Å². The highest BCUT2D eigenvalue weighted by molar-refractivity contribution is 5.80. The smallest absolute Gasteiger partial charge is 0.308 e. The van der Waals surface area contributed by atoms with Crippen LogP contribution in [0.25, 0.3) is 11.0 Å². The Hall–Kier alpha value is -2.57. The fourth-order valence-electron chi connectivity index (χ4n) is 3.58. The Labute approximate surface area is 154 Å². The molecule has 7 nitrogen and oxygen atoms in total. The standard InChI is InChI=1S/C19H27N5O2/c1-14-22-16-6-4-5-7-17(16)24(14)13-10-21-19(20-2)23-11-8-15(9-12-23)18(25)26-3/h4-7,15H,8-13H2,1-3H3,(H,20,21). The van der Waals surface area contributed by atoms with E-state index < -0.39 is 0 Å². The van der Waals surface area contributed by atoms with E-state index in [4.69, 9.17) is 4.74 Å². The second-order valence-corrected chi connectivity index (χ2v) is 6.56. The van der Waals surface area contributed by atoms with Crippen molar-refractivity contribution in [2.45, 2.75) is 26.3 Å². The molecule has 1 aromatic heterocycles. The number of rotatable bonds is 4. The highest BCUT2D eigenvalue weighted by Gasteiger charge is 2.26. The van der Waals surface area contributed by atoms with Gasteiger partial charge >= 0.3 is 5.97 Å². The lowest BCUT2D eigenvalue weighted by molar-refractivity contribution is -0.146. The first-order chi connectivity index (χ1) is 12.6. The molecule has 26 heavy (non-hydrogen) atoms. The van der Waals surface area contributed by atoms with Gasteiger partial charge in [-0.3, -0.25) is 9.79 Å². The van der Waals surface area contributed by atoms with Crippen LogP contribution < -0.4 is 5.32 Å². The number of aryl methyl sites for hydroxylation is 1. The van der Waals surface area contributed by atoms with E-state index >= 15 is 0 Å². The van der Waals surface area contributed by atoms with Gasteiger partial charge in [0.25, 0.3) is 0 Å². The second-order valence-electron chi connectivity index (χ2n) is 6.56. The quantitative estimate of drug-likeness (QED) is 0.513. The summed E-state index contributed by atoms with van der Waals surface area (Å²) in [5.74, 6) is 1.81. The molecular weight excluding hydrogens is 330 g/mol. The van der Waals surface area contributed by atoms with E-state index in [2.05, 4.69) is 30.8 Å². The van der Waals surface area contributed by atoms with Gasteiger partial charge in [0.15, 0.2) is 5.96 Å². The van der Waals surface area contributed by atoms with Gasteiger partial charge in [-0.2, -0.15) is 0 Å². The van der Waals surface area contributed by atoms with Crippen LogP contribution in [0.4, 0.5) is 0 Å². The SMILES string of the molecule is CN=C(NCCn1c(C)nc2ccccc21)N1CCC(C(=O)OC)CC1. The molecule has 0 saturated carbocycles. The molecule has 3 rings (SSSR count). The molecule has 0 atom stereocenters. The molecule has 1 aliphatic rings. The van der Waals surface area contributed by atoms with Crippen molar-refractivity contribution in [3.63, 3.8) is 0 Å². The monoisotopic (exact) mass is 357 g/mol. The minimum absolute atomic E-state index is 0.00863. The van der Waals surface area contributed by atoms with Gasteiger partial charge in [0, 0.05) is 33.2 Å². The number of ether oxygens (including phenoxy) is 1. The van der Waals surface area contributed by atoms with E-state index in [1.807, 2.05) is 25.1 Å². The van der Waals surface area contributed by atoms with Gasteiger partial charge in [0.2, 0.25) is 0 Å². The summed E-state index contributed by atoms with van der Waals surface area (Å²) in [5, 5.41) is 3.44. The predicted molar refractivity (Wildman–Crippen MR) is 102 cm³/mol. The number of hydrogen-bond donors (Lipinski definition) is 1. The number of carbonyl (C=O) groups is 1. The highest BCUT2D eigenvalue weighted by atomic mass is 16.5. The summed E-state index contributed by atoms with van der Waals surface area (Å²) in [6, 6.07) is 8.19. The van der Waals surface area contributed by atoms with Gasteiger partial charge in [-0.25, -0.2) is 4.98 Å². The van der Waals surface area contributed by atoms with Crippen LogP contribution in [0.1, 0.15) is 18.7 Å². The van der Waals surface area contributed by atoms with E-state index in [1.165, 1.54) is 7.11 Å². The van der Waals surface area contributed by atoms with Gasteiger partial charge in [-0.05, 0) is 31.9 Å². The summed E-state index contributed by atoms with van der Waals surface area (Å²) in [7, 11) is 3.25. The largest absolute Gasteiger partial charge is 0.469 e. The lowest BCUT2D eigenvalue weighted by Crippen LogP contribution is -2.47.